The molecule has 1 aliphatic heterocycles. The van der Waals surface area contributed by atoms with Gasteiger partial charge in [0.2, 0.25) is 0 Å². The third kappa shape index (κ3) is 6.53. The van der Waals surface area contributed by atoms with E-state index in [2.05, 4.69) is 5.32 Å². The third-order valence-electron chi connectivity index (χ3n) is 3.74. The standard InChI is InChI=1S/C17H23NO6S2/c1-3-23-14-6-4-13(5-7-14)18-17(20)12(2)24-16(19)10-25-15-8-9-26(21,22)11-15/h4-7,12,15H,3,8-11H2,1-2H3,(H,18,20)/t12-,15+/m1/s1. The molecule has 26 heavy (non-hydrogen) atoms. The number of anilines is 1. The number of esters is 1. The summed E-state index contributed by atoms with van der Waals surface area (Å²) in [5, 5.41) is 2.58. The number of hydrogen-bond donors (Lipinski definition) is 1. The lowest BCUT2D eigenvalue weighted by Gasteiger charge is -2.14. The highest BCUT2D eigenvalue weighted by atomic mass is 32.2. The summed E-state index contributed by atoms with van der Waals surface area (Å²) in [7, 11) is -2.97. The Balaban J connectivity index is 1.74. The van der Waals surface area contributed by atoms with Crippen molar-refractivity contribution >= 4 is 39.2 Å². The van der Waals surface area contributed by atoms with E-state index in [-0.39, 0.29) is 22.5 Å². The summed E-state index contributed by atoms with van der Waals surface area (Å²) in [4.78, 5) is 24.0. The summed E-state index contributed by atoms with van der Waals surface area (Å²) >= 11 is 1.26. The Bertz CT molecular complexity index is 732. The molecule has 2 atom stereocenters. The quantitative estimate of drug-likeness (QED) is 0.664. The molecular formula is C17H23NO6S2. The Morgan fingerprint density at radius 2 is 2.00 bits per heavy atom. The van der Waals surface area contributed by atoms with E-state index in [1.165, 1.54) is 18.7 Å². The summed E-state index contributed by atoms with van der Waals surface area (Å²) in [5.41, 5.74) is 0.576. The zero-order chi connectivity index (χ0) is 19.2. The maximum absolute atomic E-state index is 12.1. The van der Waals surface area contributed by atoms with Gasteiger partial charge in [0.1, 0.15) is 5.75 Å². The van der Waals surface area contributed by atoms with Crippen LogP contribution in [0.25, 0.3) is 0 Å². The van der Waals surface area contributed by atoms with E-state index in [0.29, 0.717) is 24.5 Å². The molecule has 0 bridgehead atoms. The van der Waals surface area contributed by atoms with Crippen molar-refractivity contribution in [3.63, 3.8) is 0 Å². The van der Waals surface area contributed by atoms with Gasteiger partial charge in [-0.1, -0.05) is 0 Å². The van der Waals surface area contributed by atoms with E-state index in [4.69, 9.17) is 9.47 Å². The topological polar surface area (TPSA) is 98.8 Å². The van der Waals surface area contributed by atoms with E-state index in [1.54, 1.807) is 24.3 Å². The number of carbonyl (C=O) groups excluding carboxylic acids is 2. The fourth-order valence-electron chi connectivity index (χ4n) is 2.41. The number of carbonyl (C=O) groups is 2. The first-order valence-electron chi connectivity index (χ1n) is 8.34. The summed E-state index contributed by atoms with van der Waals surface area (Å²) in [6.07, 6.45) is -0.393. The second-order valence-electron chi connectivity index (χ2n) is 5.91. The minimum Gasteiger partial charge on any atom is -0.494 e. The van der Waals surface area contributed by atoms with Crippen LogP contribution in [0.3, 0.4) is 0 Å². The van der Waals surface area contributed by atoms with Crippen LogP contribution >= 0.6 is 11.8 Å². The summed E-state index contributed by atoms with van der Waals surface area (Å²) in [6, 6.07) is 6.88. The van der Waals surface area contributed by atoms with Crippen molar-refractivity contribution in [2.45, 2.75) is 31.6 Å². The zero-order valence-corrected chi connectivity index (χ0v) is 16.4. The normalized spacial score (nSPS) is 19.5. The molecule has 1 fully saturated rings. The summed E-state index contributed by atoms with van der Waals surface area (Å²) in [6.45, 7) is 3.94. The van der Waals surface area contributed by atoms with Crippen molar-refractivity contribution in [2.75, 3.05) is 29.2 Å². The SMILES string of the molecule is CCOc1ccc(NC(=O)[C@@H](C)OC(=O)CS[C@H]2CCS(=O)(=O)C2)cc1. The fraction of sp³-hybridized carbons (Fsp3) is 0.529. The van der Waals surface area contributed by atoms with Gasteiger partial charge in [-0.2, -0.15) is 0 Å². The highest BCUT2D eigenvalue weighted by Gasteiger charge is 2.29. The second-order valence-corrected chi connectivity index (χ2v) is 9.43. The van der Waals surface area contributed by atoms with Crippen molar-refractivity contribution in [1.29, 1.82) is 0 Å². The maximum Gasteiger partial charge on any atom is 0.316 e. The van der Waals surface area contributed by atoms with E-state index < -0.39 is 27.8 Å². The number of rotatable bonds is 8. The molecule has 1 saturated heterocycles. The van der Waals surface area contributed by atoms with Crippen LogP contribution in [0.4, 0.5) is 5.69 Å². The molecule has 0 aromatic heterocycles. The molecule has 1 amide bonds. The minimum atomic E-state index is -2.97. The Labute approximate surface area is 157 Å². The molecule has 1 aromatic carbocycles. The van der Waals surface area contributed by atoms with Gasteiger partial charge in [-0.3, -0.25) is 9.59 Å². The Kier molecular flexibility index (Phi) is 7.33. The lowest BCUT2D eigenvalue weighted by Crippen LogP contribution is -2.30. The van der Waals surface area contributed by atoms with Gasteiger partial charge in [0, 0.05) is 10.9 Å². The van der Waals surface area contributed by atoms with Crippen LogP contribution in [0.2, 0.25) is 0 Å². The van der Waals surface area contributed by atoms with Crippen LogP contribution in [0.1, 0.15) is 20.3 Å². The zero-order valence-electron chi connectivity index (χ0n) is 14.8. The van der Waals surface area contributed by atoms with Crippen molar-refractivity contribution in [2.24, 2.45) is 0 Å². The second kappa shape index (κ2) is 9.27. The Hall–Kier alpha value is -1.74. The van der Waals surface area contributed by atoms with Crippen LogP contribution in [-0.4, -0.2) is 55.5 Å². The predicted molar refractivity (Wildman–Crippen MR) is 101 cm³/mol. The van der Waals surface area contributed by atoms with Gasteiger partial charge in [0.15, 0.2) is 15.9 Å². The first kappa shape index (κ1) is 20.6. The van der Waals surface area contributed by atoms with Gasteiger partial charge < -0.3 is 14.8 Å². The third-order valence-corrected chi connectivity index (χ3v) is 6.99. The van der Waals surface area contributed by atoms with Crippen molar-refractivity contribution in [1.82, 2.24) is 0 Å². The van der Waals surface area contributed by atoms with Crippen LogP contribution in [0.15, 0.2) is 24.3 Å². The number of hydrogen-bond acceptors (Lipinski definition) is 7. The molecule has 0 aliphatic carbocycles. The minimum absolute atomic E-state index is 0.0286. The molecule has 1 aromatic rings. The van der Waals surface area contributed by atoms with Gasteiger partial charge in [0.25, 0.3) is 5.91 Å². The van der Waals surface area contributed by atoms with E-state index in [9.17, 15) is 18.0 Å². The average Bonchev–Trinajstić information content (AvgIpc) is 2.94. The molecule has 2 rings (SSSR count). The van der Waals surface area contributed by atoms with Crippen molar-refractivity contribution in [3.05, 3.63) is 24.3 Å². The summed E-state index contributed by atoms with van der Waals surface area (Å²) in [5.74, 6) is 0.0285. The first-order chi connectivity index (χ1) is 12.3. The molecule has 1 N–H and O–H groups in total. The molecule has 0 unspecified atom stereocenters. The fourth-order valence-corrected chi connectivity index (χ4v) is 5.83. The lowest BCUT2D eigenvalue weighted by atomic mass is 10.3. The molecule has 0 radical (unpaired) electrons. The molecule has 1 aliphatic rings. The van der Waals surface area contributed by atoms with Gasteiger partial charge in [0.05, 0.1) is 23.9 Å². The molecule has 0 spiro atoms. The summed E-state index contributed by atoms with van der Waals surface area (Å²) < 4.78 is 33.2. The smallest absolute Gasteiger partial charge is 0.316 e. The van der Waals surface area contributed by atoms with E-state index >= 15 is 0 Å². The monoisotopic (exact) mass is 401 g/mol. The number of ether oxygens (including phenoxy) is 2. The van der Waals surface area contributed by atoms with Crippen molar-refractivity contribution in [3.8, 4) is 5.75 Å². The highest BCUT2D eigenvalue weighted by molar-refractivity contribution is 8.02. The van der Waals surface area contributed by atoms with Crippen LogP contribution in [0.5, 0.6) is 5.75 Å². The number of sulfone groups is 1. The molecule has 1 heterocycles. The number of nitrogens with one attached hydrogen (secondary N) is 1. The van der Waals surface area contributed by atoms with Crippen LogP contribution < -0.4 is 10.1 Å². The number of benzene rings is 1. The highest BCUT2D eigenvalue weighted by Crippen LogP contribution is 2.24. The average molecular weight is 402 g/mol. The number of amides is 1. The van der Waals surface area contributed by atoms with Crippen LogP contribution in [0, 0.1) is 0 Å². The van der Waals surface area contributed by atoms with E-state index in [1.807, 2.05) is 6.92 Å². The molecule has 144 valence electrons. The van der Waals surface area contributed by atoms with Gasteiger partial charge in [-0.25, -0.2) is 8.42 Å². The molecule has 7 nitrogen and oxygen atoms in total. The Morgan fingerprint density at radius 1 is 1.31 bits per heavy atom. The lowest BCUT2D eigenvalue weighted by molar-refractivity contribution is -0.150. The maximum atomic E-state index is 12.1. The predicted octanol–water partition coefficient (Wildman–Crippen LogP) is 1.88. The number of thioether (sulfide) groups is 1. The van der Waals surface area contributed by atoms with E-state index in [0.717, 1.165) is 0 Å². The van der Waals surface area contributed by atoms with Gasteiger partial charge >= 0.3 is 5.97 Å². The van der Waals surface area contributed by atoms with Gasteiger partial charge in [-0.15, -0.1) is 11.8 Å². The largest absolute Gasteiger partial charge is 0.494 e. The molecule has 9 heteroatoms. The van der Waals surface area contributed by atoms with Crippen LogP contribution in [-0.2, 0) is 24.2 Å². The molecular weight excluding hydrogens is 378 g/mol. The first-order valence-corrected chi connectivity index (χ1v) is 11.2. The Morgan fingerprint density at radius 3 is 2.58 bits per heavy atom. The molecule has 0 saturated carbocycles. The van der Waals surface area contributed by atoms with Gasteiger partial charge in [-0.05, 0) is 44.5 Å². The van der Waals surface area contributed by atoms with Crippen molar-refractivity contribution < 1.29 is 27.5 Å².